The van der Waals surface area contributed by atoms with Crippen LogP contribution in [-0.2, 0) is 0 Å². The van der Waals surface area contributed by atoms with E-state index in [1.807, 2.05) is 6.20 Å². The van der Waals surface area contributed by atoms with E-state index in [9.17, 15) is 4.79 Å². The van der Waals surface area contributed by atoms with Gasteiger partial charge < -0.3 is 0 Å². The van der Waals surface area contributed by atoms with Gasteiger partial charge in [-0.05, 0) is 25.7 Å². The Morgan fingerprint density at radius 2 is 1.63 bits per heavy atom. The van der Waals surface area contributed by atoms with E-state index in [4.69, 9.17) is 5.10 Å². The average molecular weight is 260 g/mol. The van der Waals surface area contributed by atoms with Crippen LogP contribution >= 0.6 is 0 Å². The standard InChI is InChI=1S/C16H24N2O/c19-12-14-11-18(15-9-5-2-6-10-15)17-16(14)13-7-3-1-4-8-13/h11-13,15H,1-10H2. The first-order valence-electron chi connectivity index (χ1n) is 7.92. The highest BCUT2D eigenvalue weighted by atomic mass is 16.1. The fourth-order valence-corrected chi connectivity index (χ4v) is 3.74. The molecule has 3 heteroatoms. The molecular formula is C16H24N2O. The number of rotatable bonds is 3. The van der Waals surface area contributed by atoms with Gasteiger partial charge in [-0.25, -0.2) is 0 Å². The van der Waals surface area contributed by atoms with Gasteiger partial charge in [0, 0.05) is 12.1 Å². The first-order valence-corrected chi connectivity index (χ1v) is 7.92. The Morgan fingerprint density at radius 1 is 1.00 bits per heavy atom. The number of aromatic nitrogens is 2. The summed E-state index contributed by atoms with van der Waals surface area (Å²) in [6.45, 7) is 0. The number of carbonyl (C=O) groups is 1. The molecule has 19 heavy (non-hydrogen) atoms. The maximum atomic E-state index is 11.3. The molecule has 2 fully saturated rings. The molecule has 1 aromatic heterocycles. The fourth-order valence-electron chi connectivity index (χ4n) is 3.74. The molecule has 0 aliphatic heterocycles. The van der Waals surface area contributed by atoms with Gasteiger partial charge in [0.1, 0.15) is 0 Å². The highest BCUT2D eigenvalue weighted by molar-refractivity contribution is 5.76. The van der Waals surface area contributed by atoms with Gasteiger partial charge in [0.05, 0.1) is 17.3 Å². The van der Waals surface area contributed by atoms with Crippen molar-refractivity contribution in [3.05, 3.63) is 17.5 Å². The molecule has 0 saturated heterocycles. The molecule has 0 spiro atoms. The monoisotopic (exact) mass is 260 g/mol. The minimum absolute atomic E-state index is 0.527. The highest BCUT2D eigenvalue weighted by Gasteiger charge is 2.24. The van der Waals surface area contributed by atoms with E-state index in [0.717, 1.165) is 17.5 Å². The molecule has 1 heterocycles. The fraction of sp³-hybridized carbons (Fsp3) is 0.750. The van der Waals surface area contributed by atoms with Crippen molar-refractivity contribution in [1.82, 2.24) is 9.78 Å². The van der Waals surface area contributed by atoms with E-state index < -0.39 is 0 Å². The maximum absolute atomic E-state index is 11.3. The Balaban J connectivity index is 1.82. The minimum Gasteiger partial charge on any atom is -0.298 e. The SMILES string of the molecule is O=Cc1cn(C2CCCCC2)nc1C1CCCCC1. The number of hydrogen-bond acceptors (Lipinski definition) is 2. The Labute approximate surface area is 115 Å². The summed E-state index contributed by atoms with van der Waals surface area (Å²) >= 11 is 0. The lowest BCUT2D eigenvalue weighted by Crippen LogP contribution is -2.14. The molecule has 1 aromatic rings. The van der Waals surface area contributed by atoms with E-state index in [1.54, 1.807) is 0 Å². The van der Waals surface area contributed by atoms with Crippen molar-refractivity contribution < 1.29 is 4.79 Å². The molecule has 2 aliphatic carbocycles. The molecule has 3 nitrogen and oxygen atoms in total. The lowest BCUT2D eigenvalue weighted by Gasteiger charge is -2.23. The average Bonchev–Trinajstić information content (AvgIpc) is 2.93. The summed E-state index contributed by atoms with van der Waals surface area (Å²) in [6, 6.07) is 0.532. The lowest BCUT2D eigenvalue weighted by atomic mass is 9.86. The first-order chi connectivity index (χ1) is 9.38. The smallest absolute Gasteiger partial charge is 0.153 e. The van der Waals surface area contributed by atoms with Crippen molar-refractivity contribution >= 4 is 6.29 Å². The molecule has 0 radical (unpaired) electrons. The van der Waals surface area contributed by atoms with E-state index >= 15 is 0 Å². The quantitative estimate of drug-likeness (QED) is 0.761. The van der Waals surface area contributed by atoms with Crippen molar-refractivity contribution in [3.8, 4) is 0 Å². The van der Waals surface area contributed by atoms with Gasteiger partial charge >= 0.3 is 0 Å². The van der Waals surface area contributed by atoms with Crippen LogP contribution in [0.1, 0.15) is 92.2 Å². The molecule has 0 amide bonds. The van der Waals surface area contributed by atoms with Crippen LogP contribution in [0, 0.1) is 0 Å². The van der Waals surface area contributed by atoms with Crippen LogP contribution in [0.3, 0.4) is 0 Å². The molecule has 0 aromatic carbocycles. The summed E-state index contributed by atoms with van der Waals surface area (Å²) in [5.74, 6) is 0.527. The Kier molecular flexibility index (Phi) is 4.00. The molecule has 0 N–H and O–H groups in total. The summed E-state index contributed by atoms with van der Waals surface area (Å²) in [7, 11) is 0. The second-order valence-electron chi connectivity index (χ2n) is 6.19. The third-order valence-electron chi connectivity index (χ3n) is 4.86. The van der Waals surface area contributed by atoms with Crippen molar-refractivity contribution in [2.75, 3.05) is 0 Å². The second kappa shape index (κ2) is 5.89. The predicted molar refractivity (Wildman–Crippen MR) is 75.6 cm³/mol. The molecule has 3 rings (SSSR count). The molecule has 104 valence electrons. The van der Waals surface area contributed by atoms with Gasteiger partial charge in [-0.15, -0.1) is 0 Å². The van der Waals surface area contributed by atoms with Crippen LogP contribution in [0.4, 0.5) is 0 Å². The molecule has 0 bridgehead atoms. The van der Waals surface area contributed by atoms with Crippen molar-refractivity contribution in [3.63, 3.8) is 0 Å². The third kappa shape index (κ3) is 2.75. The Hall–Kier alpha value is -1.12. The van der Waals surface area contributed by atoms with Crippen molar-refractivity contribution in [2.45, 2.75) is 76.2 Å². The molecule has 0 unspecified atom stereocenters. The van der Waals surface area contributed by atoms with E-state index in [-0.39, 0.29) is 0 Å². The van der Waals surface area contributed by atoms with Crippen LogP contribution < -0.4 is 0 Å². The van der Waals surface area contributed by atoms with Gasteiger partial charge in [-0.3, -0.25) is 9.48 Å². The van der Waals surface area contributed by atoms with Gasteiger partial charge in [0.15, 0.2) is 6.29 Å². The van der Waals surface area contributed by atoms with E-state index in [2.05, 4.69) is 4.68 Å². The molecular weight excluding hydrogens is 236 g/mol. The van der Waals surface area contributed by atoms with Crippen molar-refractivity contribution in [1.29, 1.82) is 0 Å². The Bertz CT molecular complexity index is 426. The second-order valence-corrected chi connectivity index (χ2v) is 6.19. The van der Waals surface area contributed by atoms with Crippen LogP contribution in [0.2, 0.25) is 0 Å². The number of nitrogens with zero attached hydrogens (tertiary/aromatic N) is 2. The summed E-state index contributed by atoms with van der Waals surface area (Å²) in [4.78, 5) is 11.3. The number of carbonyl (C=O) groups excluding carboxylic acids is 1. The lowest BCUT2D eigenvalue weighted by molar-refractivity contribution is 0.112. The highest BCUT2D eigenvalue weighted by Crippen LogP contribution is 2.35. The third-order valence-corrected chi connectivity index (χ3v) is 4.86. The molecule has 0 atom stereocenters. The number of hydrogen-bond donors (Lipinski definition) is 0. The van der Waals surface area contributed by atoms with Crippen LogP contribution in [-0.4, -0.2) is 16.1 Å². The Morgan fingerprint density at radius 3 is 2.26 bits per heavy atom. The van der Waals surface area contributed by atoms with Gasteiger partial charge in [0.2, 0.25) is 0 Å². The zero-order valence-electron chi connectivity index (χ0n) is 11.7. The van der Waals surface area contributed by atoms with Crippen LogP contribution in [0.25, 0.3) is 0 Å². The zero-order chi connectivity index (χ0) is 13.1. The largest absolute Gasteiger partial charge is 0.298 e. The van der Waals surface area contributed by atoms with Gasteiger partial charge in [-0.2, -0.15) is 5.10 Å². The van der Waals surface area contributed by atoms with Gasteiger partial charge in [0.25, 0.3) is 0 Å². The first kappa shape index (κ1) is 12.9. The topological polar surface area (TPSA) is 34.9 Å². The maximum Gasteiger partial charge on any atom is 0.153 e. The molecule has 2 saturated carbocycles. The van der Waals surface area contributed by atoms with Crippen molar-refractivity contribution in [2.24, 2.45) is 0 Å². The summed E-state index contributed by atoms with van der Waals surface area (Å²) in [5.41, 5.74) is 1.93. The number of aldehydes is 1. The van der Waals surface area contributed by atoms with E-state index in [0.29, 0.717) is 12.0 Å². The molecule has 2 aliphatic rings. The summed E-state index contributed by atoms with van der Waals surface area (Å²) < 4.78 is 2.10. The minimum atomic E-state index is 0.527. The van der Waals surface area contributed by atoms with Crippen LogP contribution in [0.15, 0.2) is 6.20 Å². The predicted octanol–water partition coefficient (Wildman–Crippen LogP) is 4.25. The summed E-state index contributed by atoms with van der Waals surface area (Å²) in [6.07, 6.45) is 15.8. The van der Waals surface area contributed by atoms with E-state index in [1.165, 1.54) is 64.2 Å². The zero-order valence-corrected chi connectivity index (χ0v) is 11.7. The normalized spacial score (nSPS) is 22.5. The van der Waals surface area contributed by atoms with Crippen LogP contribution in [0.5, 0.6) is 0 Å². The summed E-state index contributed by atoms with van der Waals surface area (Å²) in [5, 5.41) is 4.81. The van der Waals surface area contributed by atoms with Gasteiger partial charge in [-0.1, -0.05) is 38.5 Å².